The van der Waals surface area contributed by atoms with Crippen molar-refractivity contribution in [2.24, 2.45) is 17.8 Å². The largest absolute Gasteiger partial charge is 0.388 e. The zero-order chi connectivity index (χ0) is 12.5. The van der Waals surface area contributed by atoms with E-state index < -0.39 is 0 Å². The first-order valence-corrected chi connectivity index (χ1v) is 8.35. The second kappa shape index (κ2) is 5.34. The summed E-state index contributed by atoms with van der Waals surface area (Å²) >= 11 is 1.76. The normalized spacial score (nSPS) is 34.0. The first-order chi connectivity index (χ1) is 8.75. The molecule has 2 saturated carbocycles. The van der Waals surface area contributed by atoms with Gasteiger partial charge in [-0.05, 0) is 60.9 Å². The molecule has 0 aromatic carbocycles. The molecule has 100 valence electrons. The Kier molecular flexibility index (Phi) is 3.76. The van der Waals surface area contributed by atoms with Crippen LogP contribution in [0.4, 0.5) is 0 Å². The van der Waals surface area contributed by atoms with Crippen molar-refractivity contribution in [1.29, 1.82) is 0 Å². The van der Waals surface area contributed by atoms with Crippen LogP contribution in [0.15, 0.2) is 11.4 Å². The second-order valence-electron chi connectivity index (χ2n) is 6.25. The molecule has 1 N–H and O–H groups in total. The molecule has 2 aliphatic carbocycles. The number of hydrogen-bond acceptors (Lipinski definition) is 2. The quantitative estimate of drug-likeness (QED) is 0.821. The highest BCUT2D eigenvalue weighted by Gasteiger charge is 2.35. The predicted octanol–water partition coefficient (Wildman–Crippen LogP) is 4.70. The van der Waals surface area contributed by atoms with E-state index in [1.54, 1.807) is 11.3 Å². The van der Waals surface area contributed by atoms with Crippen LogP contribution in [0.2, 0.25) is 0 Å². The van der Waals surface area contributed by atoms with Gasteiger partial charge in [-0.2, -0.15) is 0 Å². The van der Waals surface area contributed by atoms with Crippen molar-refractivity contribution in [1.82, 2.24) is 0 Å². The molecule has 2 fully saturated rings. The molecule has 1 aromatic heterocycles. The molecule has 0 bridgehead atoms. The molecule has 18 heavy (non-hydrogen) atoms. The van der Waals surface area contributed by atoms with Crippen molar-refractivity contribution in [3.63, 3.8) is 0 Å². The van der Waals surface area contributed by atoms with Crippen molar-refractivity contribution >= 4 is 11.3 Å². The first kappa shape index (κ1) is 12.7. The van der Waals surface area contributed by atoms with Crippen LogP contribution >= 0.6 is 11.3 Å². The maximum absolute atomic E-state index is 10.6. The van der Waals surface area contributed by atoms with Gasteiger partial charge in [0.25, 0.3) is 0 Å². The van der Waals surface area contributed by atoms with Gasteiger partial charge >= 0.3 is 0 Å². The molecule has 1 nitrogen and oxygen atoms in total. The number of aryl methyl sites for hydroxylation is 1. The molecule has 1 heterocycles. The fraction of sp³-hybridized carbons (Fsp3) is 0.750. The third-order valence-electron chi connectivity index (χ3n) is 5.24. The molecule has 1 aromatic rings. The SMILES string of the molecule is Cc1sccc1C(O)C1CCC2CCCCC2C1. The summed E-state index contributed by atoms with van der Waals surface area (Å²) in [6, 6.07) is 2.12. The van der Waals surface area contributed by atoms with Crippen molar-refractivity contribution in [3.8, 4) is 0 Å². The van der Waals surface area contributed by atoms with Crippen molar-refractivity contribution in [3.05, 3.63) is 21.9 Å². The fourth-order valence-electron chi connectivity index (χ4n) is 4.15. The molecule has 0 aliphatic heterocycles. The minimum absolute atomic E-state index is 0.209. The van der Waals surface area contributed by atoms with Gasteiger partial charge in [0.15, 0.2) is 0 Å². The Labute approximate surface area is 114 Å². The number of hydrogen-bond donors (Lipinski definition) is 1. The molecule has 4 atom stereocenters. The Hall–Kier alpha value is -0.340. The van der Waals surface area contributed by atoms with E-state index in [-0.39, 0.29) is 6.10 Å². The number of rotatable bonds is 2. The number of aliphatic hydroxyl groups is 1. The summed E-state index contributed by atoms with van der Waals surface area (Å²) in [6.07, 6.45) is 9.37. The average molecular weight is 264 g/mol. The summed E-state index contributed by atoms with van der Waals surface area (Å²) < 4.78 is 0. The smallest absolute Gasteiger partial charge is 0.0828 e. The summed E-state index contributed by atoms with van der Waals surface area (Å²) in [7, 11) is 0. The van der Waals surface area contributed by atoms with Crippen LogP contribution in [0.5, 0.6) is 0 Å². The molecular weight excluding hydrogens is 240 g/mol. The summed E-state index contributed by atoms with van der Waals surface area (Å²) in [5.41, 5.74) is 1.19. The van der Waals surface area contributed by atoms with E-state index in [0.717, 1.165) is 11.8 Å². The van der Waals surface area contributed by atoms with Crippen LogP contribution in [-0.2, 0) is 0 Å². The van der Waals surface area contributed by atoms with E-state index in [0.29, 0.717) is 5.92 Å². The van der Waals surface area contributed by atoms with E-state index in [4.69, 9.17) is 0 Å². The zero-order valence-corrected chi connectivity index (χ0v) is 12.1. The molecule has 2 aliphatic rings. The number of fused-ring (bicyclic) bond motifs is 1. The minimum Gasteiger partial charge on any atom is -0.388 e. The predicted molar refractivity (Wildman–Crippen MR) is 76.8 cm³/mol. The van der Waals surface area contributed by atoms with E-state index in [1.165, 1.54) is 55.4 Å². The lowest BCUT2D eigenvalue weighted by atomic mass is 9.66. The lowest BCUT2D eigenvalue weighted by Gasteiger charge is -2.40. The molecule has 0 saturated heterocycles. The summed E-state index contributed by atoms with van der Waals surface area (Å²) in [5.74, 6) is 2.40. The van der Waals surface area contributed by atoms with Crippen molar-refractivity contribution in [2.75, 3.05) is 0 Å². The van der Waals surface area contributed by atoms with E-state index in [2.05, 4.69) is 18.4 Å². The number of aliphatic hydroxyl groups excluding tert-OH is 1. The Bertz CT molecular complexity index is 398. The Morgan fingerprint density at radius 1 is 1.17 bits per heavy atom. The minimum atomic E-state index is -0.209. The molecule has 3 rings (SSSR count). The summed E-state index contributed by atoms with van der Waals surface area (Å²) in [4.78, 5) is 1.30. The van der Waals surface area contributed by atoms with Gasteiger partial charge in [0, 0.05) is 4.88 Å². The van der Waals surface area contributed by atoms with Gasteiger partial charge in [0.1, 0.15) is 0 Å². The van der Waals surface area contributed by atoms with Crippen LogP contribution in [0, 0.1) is 24.7 Å². The molecular formula is C16H24OS. The van der Waals surface area contributed by atoms with Gasteiger partial charge in [-0.25, -0.2) is 0 Å². The Balaban J connectivity index is 1.68. The number of thiophene rings is 1. The molecule has 4 unspecified atom stereocenters. The second-order valence-corrected chi connectivity index (χ2v) is 7.37. The highest BCUT2D eigenvalue weighted by molar-refractivity contribution is 7.10. The monoisotopic (exact) mass is 264 g/mol. The topological polar surface area (TPSA) is 20.2 Å². The van der Waals surface area contributed by atoms with Gasteiger partial charge in [0.05, 0.1) is 6.10 Å². The van der Waals surface area contributed by atoms with Gasteiger partial charge in [-0.1, -0.05) is 25.7 Å². The molecule has 0 spiro atoms. The average Bonchev–Trinajstić information content (AvgIpc) is 2.83. The van der Waals surface area contributed by atoms with Crippen LogP contribution in [0.25, 0.3) is 0 Å². The van der Waals surface area contributed by atoms with Crippen molar-refractivity contribution < 1.29 is 5.11 Å². The maximum atomic E-state index is 10.6. The maximum Gasteiger partial charge on any atom is 0.0828 e. The third kappa shape index (κ3) is 2.37. The van der Waals surface area contributed by atoms with E-state index >= 15 is 0 Å². The highest BCUT2D eigenvalue weighted by Crippen LogP contribution is 2.46. The van der Waals surface area contributed by atoms with Gasteiger partial charge < -0.3 is 5.11 Å². The highest BCUT2D eigenvalue weighted by atomic mass is 32.1. The first-order valence-electron chi connectivity index (χ1n) is 7.47. The summed E-state index contributed by atoms with van der Waals surface area (Å²) in [5, 5.41) is 12.7. The lowest BCUT2D eigenvalue weighted by molar-refractivity contribution is 0.0348. The molecule has 0 amide bonds. The van der Waals surface area contributed by atoms with E-state index in [1.807, 2.05) is 0 Å². The lowest BCUT2D eigenvalue weighted by Crippen LogP contribution is -2.30. The molecule has 2 heteroatoms. The Morgan fingerprint density at radius 3 is 2.67 bits per heavy atom. The third-order valence-corrected chi connectivity index (χ3v) is 6.11. The van der Waals surface area contributed by atoms with Gasteiger partial charge in [-0.15, -0.1) is 11.3 Å². The van der Waals surface area contributed by atoms with E-state index in [9.17, 15) is 5.11 Å². The van der Waals surface area contributed by atoms with Gasteiger partial charge in [-0.3, -0.25) is 0 Å². The van der Waals surface area contributed by atoms with Crippen LogP contribution < -0.4 is 0 Å². The van der Waals surface area contributed by atoms with Crippen LogP contribution in [0.1, 0.15) is 61.5 Å². The van der Waals surface area contributed by atoms with Crippen molar-refractivity contribution in [2.45, 2.75) is 58.0 Å². The summed E-state index contributed by atoms with van der Waals surface area (Å²) in [6.45, 7) is 2.13. The van der Waals surface area contributed by atoms with Gasteiger partial charge in [0.2, 0.25) is 0 Å². The standard InChI is InChI=1S/C16H24OS/c1-11-15(8-9-18-11)16(17)14-7-6-12-4-2-3-5-13(12)10-14/h8-9,12-14,16-17H,2-7,10H2,1H3. The Morgan fingerprint density at radius 2 is 1.94 bits per heavy atom. The fourth-order valence-corrected chi connectivity index (χ4v) is 4.90. The van der Waals surface area contributed by atoms with Crippen LogP contribution in [0.3, 0.4) is 0 Å². The zero-order valence-electron chi connectivity index (χ0n) is 11.3. The van der Waals surface area contributed by atoms with Crippen LogP contribution in [-0.4, -0.2) is 5.11 Å². The molecule has 0 radical (unpaired) electrons.